The molecule has 1 fully saturated rings. The van der Waals surface area contributed by atoms with E-state index in [1.54, 1.807) is 12.1 Å². The zero-order valence-corrected chi connectivity index (χ0v) is 15.2. The van der Waals surface area contributed by atoms with Crippen molar-refractivity contribution in [1.82, 2.24) is 25.5 Å². The molecule has 1 heterocycles. The number of rotatable bonds is 6. The van der Waals surface area contributed by atoms with Crippen LogP contribution >= 0.6 is 11.8 Å². The summed E-state index contributed by atoms with van der Waals surface area (Å²) >= 11 is 1.37. The second-order valence-electron chi connectivity index (χ2n) is 6.39. The molecule has 2 atom stereocenters. The van der Waals surface area contributed by atoms with E-state index in [-0.39, 0.29) is 23.0 Å². The van der Waals surface area contributed by atoms with E-state index in [1.807, 2.05) is 18.5 Å². The standard InChI is InChI=1S/C17H22FN5OS/c1-11(13-7-9-14(18)10-8-13)19-16(24)12(2)25-17-20-21-22-23(17)15-5-3-4-6-15/h7-12,15H,3-6H2,1-2H3,(H,19,24). The maximum absolute atomic E-state index is 13.0. The first-order chi connectivity index (χ1) is 12.0. The SMILES string of the molecule is CC(Sc1nnnn1C1CCCC1)C(=O)NC(C)c1ccc(F)cc1. The van der Waals surface area contributed by atoms with Crippen molar-refractivity contribution in [2.24, 2.45) is 0 Å². The van der Waals surface area contributed by atoms with Crippen LogP contribution < -0.4 is 5.32 Å². The number of nitrogens with one attached hydrogen (secondary N) is 1. The van der Waals surface area contributed by atoms with Gasteiger partial charge in [-0.1, -0.05) is 36.7 Å². The van der Waals surface area contributed by atoms with E-state index >= 15 is 0 Å². The van der Waals surface area contributed by atoms with Crippen LogP contribution in [0.15, 0.2) is 29.4 Å². The van der Waals surface area contributed by atoms with Crippen LogP contribution in [0, 0.1) is 5.82 Å². The summed E-state index contributed by atoms with van der Waals surface area (Å²) in [4.78, 5) is 12.5. The molecule has 6 nitrogen and oxygen atoms in total. The van der Waals surface area contributed by atoms with Gasteiger partial charge in [-0.3, -0.25) is 4.79 Å². The predicted molar refractivity (Wildman–Crippen MR) is 93.6 cm³/mol. The number of carbonyl (C=O) groups is 1. The number of tetrazole rings is 1. The number of thioether (sulfide) groups is 1. The predicted octanol–water partition coefficient (Wildman–Crippen LogP) is 3.29. The van der Waals surface area contributed by atoms with Crippen molar-refractivity contribution >= 4 is 17.7 Å². The highest BCUT2D eigenvalue weighted by Crippen LogP contribution is 2.32. The molecule has 134 valence electrons. The summed E-state index contributed by atoms with van der Waals surface area (Å²) in [6.07, 6.45) is 4.56. The van der Waals surface area contributed by atoms with Gasteiger partial charge in [0, 0.05) is 0 Å². The summed E-state index contributed by atoms with van der Waals surface area (Å²) in [6.45, 7) is 3.72. The fourth-order valence-corrected chi connectivity index (χ4v) is 3.89. The van der Waals surface area contributed by atoms with E-state index < -0.39 is 0 Å². The van der Waals surface area contributed by atoms with Crippen LogP contribution in [0.2, 0.25) is 0 Å². The largest absolute Gasteiger partial charge is 0.349 e. The Hall–Kier alpha value is -1.96. The average molecular weight is 363 g/mol. The third-order valence-corrected chi connectivity index (χ3v) is 5.56. The van der Waals surface area contributed by atoms with Gasteiger partial charge < -0.3 is 5.32 Å². The second-order valence-corrected chi connectivity index (χ2v) is 7.69. The number of halogens is 1. The Labute approximate surface area is 150 Å². The second kappa shape index (κ2) is 7.95. The van der Waals surface area contributed by atoms with E-state index in [9.17, 15) is 9.18 Å². The van der Waals surface area contributed by atoms with Gasteiger partial charge in [-0.25, -0.2) is 9.07 Å². The van der Waals surface area contributed by atoms with Gasteiger partial charge in [0.1, 0.15) is 5.82 Å². The minimum atomic E-state index is -0.325. The van der Waals surface area contributed by atoms with Gasteiger partial charge in [0.15, 0.2) is 0 Å². The number of aromatic nitrogens is 4. The average Bonchev–Trinajstić information content (AvgIpc) is 3.26. The molecule has 1 aliphatic carbocycles. The number of amides is 1. The Morgan fingerprint density at radius 3 is 2.64 bits per heavy atom. The lowest BCUT2D eigenvalue weighted by molar-refractivity contribution is -0.120. The molecular formula is C17H22FN5OS. The van der Waals surface area contributed by atoms with Crippen molar-refractivity contribution in [2.45, 2.75) is 62.0 Å². The smallest absolute Gasteiger partial charge is 0.233 e. The Bertz CT molecular complexity index is 714. The number of hydrogen-bond acceptors (Lipinski definition) is 5. The molecule has 2 unspecified atom stereocenters. The van der Waals surface area contributed by atoms with Crippen molar-refractivity contribution in [3.05, 3.63) is 35.6 Å². The summed E-state index contributed by atoms with van der Waals surface area (Å²) in [6, 6.07) is 6.29. The van der Waals surface area contributed by atoms with E-state index in [0.717, 1.165) is 18.4 Å². The molecule has 0 spiro atoms. The zero-order valence-electron chi connectivity index (χ0n) is 14.4. The molecule has 2 aromatic rings. The number of benzene rings is 1. The molecule has 0 radical (unpaired) electrons. The fraction of sp³-hybridized carbons (Fsp3) is 0.529. The topological polar surface area (TPSA) is 72.7 Å². The van der Waals surface area contributed by atoms with Gasteiger partial charge in [0.2, 0.25) is 11.1 Å². The molecule has 3 rings (SSSR count). The Morgan fingerprint density at radius 2 is 1.96 bits per heavy atom. The Morgan fingerprint density at radius 1 is 1.28 bits per heavy atom. The maximum Gasteiger partial charge on any atom is 0.233 e. The van der Waals surface area contributed by atoms with Crippen molar-refractivity contribution < 1.29 is 9.18 Å². The van der Waals surface area contributed by atoms with Gasteiger partial charge in [0.25, 0.3) is 0 Å². The zero-order chi connectivity index (χ0) is 17.8. The molecule has 1 aromatic heterocycles. The molecular weight excluding hydrogens is 341 g/mol. The number of nitrogens with zero attached hydrogens (tertiary/aromatic N) is 4. The highest BCUT2D eigenvalue weighted by Gasteiger charge is 2.25. The van der Waals surface area contributed by atoms with Crippen LogP contribution in [-0.2, 0) is 4.79 Å². The van der Waals surface area contributed by atoms with Gasteiger partial charge in [-0.05, 0) is 54.8 Å². The van der Waals surface area contributed by atoms with E-state index in [0.29, 0.717) is 11.2 Å². The molecule has 0 bridgehead atoms. The normalized spacial score (nSPS) is 17.4. The van der Waals surface area contributed by atoms with E-state index in [1.165, 1.54) is 36.7 Å². The van der Waals surface area contributed by atoms with E-state index in [4.69, 9.17) is 0 Å². The lowest BCUT2D eigenvalue weighted by atomic mass is 10.1. The summed E-state index contributed by atoms with van der Waals surface area (Å²) in [5.41, 5.74) is 0.864. The first-order valence-electron chi connectivity index (χ1n) is 8.55. The molecule has 1 saturated carbocycles. The summed E-state index contributed by atoms with van der Waals surface area (Å²) in [5.74, 6) is -0.382. The van der Waals surface area contributed by atoms with Crippen molar-refractivity contribution in [3.63, 3.8) is 0 Å². The monoisotopic (exact) mass is 363 g/mol. The van der Waals surface area contributed by atoms with Crippen LogP contribution in [0.3, 0.4) is 0 Å². The molecule has 0 aliphatic heterocycles. The summed E-state index contributed by atoms with van der Waals surface area (Å²) < 4.78 is 14.9. The highest BCUT2D eigenvalue weighted by molar-refractivity contribution is 8.00. The maximum atomic E-state index is 13.0. The Balaban J connectivity index is 1.59. The quantitative estimate of drug-likeness (QED) is 0.798. The molecule has 1 amide bonds. The van der Waals surface area contributed by atoms with Crippen molar-refractivity contribution in [2.75, 3.05) is 0 Å². The summed E-state index contributed by atoms with van der Waals surface area (Å²) in [5, 5.41) is 15.3. The number of hydrogen-bond donors (Lipinski definition) is 1. The lowest BCUT2D eigenvalue weighted by Gasteiger charge is -2.18. The molecule has 1 N–H and O–H groups in total. The molecule has 25 heavy (non-hydrogen) atoms. The first-order valence-corrected chi connectivity index (χ1v) is 9.43. The van der Waals surface area contributed by atoms with Crippen molar-refractivity contribution in [1.29, 1.82) is 0 Å². The minimum absolute atomic E-state index is 0.0946. The van der Waals surface area contributed by atoms with Crippen LogP contribution in [-0.4, -0.2) is 31.4 Å². The number of carbonyl (C=O) groups excluding carboxylic acids is 1. The highest BCUT2D eigenvalue weighted by atomic mass is 32.2. The third kappa shape index (κ3) is 4.36. The first kappa shape index (κ1) is 17.8. The molecule has 0 saturated heterocycles. The summed E-state index contributed by atoms with van der Waals surface area (Å²) in [7, 11) is 0. The minimum Gasteiger partial charge on any atom is -0.349 e. The fourth-order valence-electron chi connectivity index (χ4n) is 3.02. The van der Waals surface area contributed by atoms with Crippen molar-refractivity contribution in [3.8, 4) is 0 Å². The van der Waals surface area contributed by atoms with Gasteiger partial charge in [-0.15, -0.1) is 5.10 Å². The molecule has 1 aliphatic rings. The van der Waals surface area contributed by atoms with Gasteiger partial charge >= 0.3 is 0 Å². The van der Waals surface area contributed by atoms with Crippen LogP contribution in [0.25, 0.3) is 0 Å². The van der Waals surface area contributed by atoms with Gasteiger partial charge in [-0.2, -0.15) is 0 Å². The Kier molecular flexibility index (Phi) is 5.67. The third-order valence-electron chi connectivity index (χ3n) is 4.51. The van der Waals surface area contributed by atoms with Crippen LogP contribution in [0.4, 0.5) is 4.39 Å². The van der Waals surface area contributed by atoms with Crippen LogP contribution in [0.5, 0.6) is 0 Å². The molecule has 8 heteroatoms. The van der Waals surface area contributed by atoms with Crippen LogP contribution in [0.1, 0.15) is 57.2 Å². The lowest BCUT2D eigenvalue weighted by Crippen LogP contribution is -2.33. The van der Waals surface area contributed by atoms with Gasteiger partial charge in [0.05, 0.1) is 17.3 Å². The van der Waals surface area contributed by atoms with E-state index in [2.05, 4.69) is 20.8 Å². The molecule has 1 aromatic carbocycles.